The molecule has 0 aliphatic heterocycles. The number of nitrogens with one attached hydrogen (secondary N) is 1. The molecule has 0 aliphatic carbocycles. The Bertz CT molecular complexity index is 1020. The summed E-state index contributed by atoms with van der Waals surface area (Å²) in [7, 11) is 1.46. The van der Waals surface area contributed by atoms with Crippen LogP contribution in [0.1, 0.15) is 15.9 Å². The Hall–Kier alpha value is -3.41. The van der Waals surface area contributed by atoms with Gasteiger partial charge < -0.3 is 14.8 Å². The van der Waals surface area contributed by atoms with Gasteiger partial charge in [-0.2, -0.15) is 0 Å². The van der Waals surface area contributed by atoms with Crippen LogP contribution in [-0.2, 0) is 9.53 Å². The van der Waals surface area contributed by atoms with E-state index in [9.17, 15) is 14.0 Å². The number of methoxy groups -OCH3 is 1. The van der Waals surface area contributed by atoms with Crippen molar-refractivity contribution in [2.75, 3.05) is 19.0 Å². The number of anilines is 1. The number of fused-ring (bicyclic) bond motifs is 1. The fourth-order valence-corrected chi connectivity index (χ4v) is 2.67. The predicted octanol–water partition coefficient (Wildman–Crippen LogP) is 4.09. The zero-order valence-electron chi connectivity index (χ0n) is 14.9. The van der Waals surface area contributed by atoms with Crippen molar-refractivity contribution >= 4 is 28.3 Å². The lowest BCUT2D eigenvalue weighted by Gasteiger charge is -2.11. The van der Waals surface area contributed by atoms with Crippen LogP contribution in [0.25, 0.3) is 10.8 Å². The minimum atomic E-state index is -0.677. The fourth-order valence-electron chi connectivity index (χ4n) is 2.67. The second kappa shape index (κ2) is 7.86. The van der Waals surface area contributed by atoms with Gasteiger partial charge in [-0.3, -0.25) is 4.79 Å². The molecule has 1 amide bonds. The van der Waals surface area contributed by atoms with Crippen molar-refractivity contribution in [2.45, 2.75) is 6.92 Å². The zero-order valence-corrected chi connectivity index (χ0v) is 14.9. The molecule has 6 heteroatoms. The second-order valence-electron chi connectivity index (χ2n) is 5.98. The Morgan fingerprint density at radius 1 is 1.04 bits per heavy atom. The number of carbonyl (C=O) groups is 2. The Morgan fingerprint density at radius 2 is 1.74 bits per heavy atom. The molecule has 0 radical (unpaired) electrons. The molecule has 1 N–H and O–H groups in total. The summed E-state index contributed by atoms with van der Waals surface area (Å²) >= 11 is 0. The van der Waals surface area contributed by atoms with Gasteiger partial charge in [-0.25, -0.2) is 9.18 Å². The third kappa shape index (κ3) is 4.23. The maximum Gasteiger partial charge on any atom is 0.342 e. The molecule has 27 heavy (non-hydrogen) atoms. The van der Waals surface area contributed by atoms with Crippen LogP contribution >= 0.6 is 0 Å². The van der Waals surface area contributed by atoms with Gasteiger partial charge >= 0.3 is 5.97 Å². The highest BCUT2D eigenvalue weighted by Gasteiger charge is 2.17. The standard InChI is InChI=1S/C21H18FNO4/c1-13-7-8-16(22)11-18(13)23-20(24)12-27-21(25)17-9-14-5-3-4-6-15(14)10-19(17)26-2/h3-11H,12H2,1-2H3,(H,23,24). The summed E-state index contributed by atoms with van der Waals surface area (Å²) in [5, 5.41) is 4.30. The van der Waals surface area contributed by atoms with E-state index in [-0.39, 0.29) is 5.56 Å². The molecule has 0 unspecified atom stereocenters. The van der Waals surface area contributed by atoms with Crippen molar-refractivity contribution in [1.29, 1.82) is 0 Å². The van der Waals surface area contributed by atoms with Crippen LogP contribution in [0, 0.1) is 12.7 Å². The van der Waals surface area contributed by atoms with E-state index in [1.54, 1.807) is 25.1 Å². The first-order valence-electron chi connectivity index (χ1n) is 8.28. The lowest BCUT2D eigenvalue weighted by Crippen LogP contribution is -2.21. The highest BCUT2D eigenvalue weighted by Crippen LogP contribution is 2.26. The predicted molar refractivity (Wildman–Crippen MR) is 101 cm³/mol. The molecule has 3 rings (SSSR count). The molecule has 3 aromatic rings. The van der Waals surface area contributed by atoms with Crippen molar-refractivity contribution in [1.82, 2.24) is 0 Å². The summed E-state index contributed by atoms with van der Waals surface area (Å²) in [5.74, 6) is -1.34. The molecule has 0 saturated heterocycles. The van der Waals surface area contributed by atoms with E-state index in [1.165, 1.54) is 19.2 Å². The van der Waals surface area contributed by atoms with Gasteiger partial charge in [0.15, 0.2) is 6.61 Å². The smallest absolute Gasteiger partial charge is 0.342 e. The summed E-state index contributed by atoms with van der Waals surface area (Å²) in [6.45, 7) is 1.24. The summed E-state index contributed by atoms with van der Waals surface area (Å²) in [6.07, 6.45) is 0. The number of carbonyl (C=O) groups excluding carboxylic acids is 2. The number of amides is 1. The van der Waals surface area contributed by atoms with E-state index in [4.69, 9.17) is 9.47 Å². The third-order valence-electron chi connectivity index (χ3n) is 4.10. The van der Waals surface area contributed by atoms with E-state index in [0.717, 1.165) is 10.8 Å². The van der Waals surface area contributed by atoms with Crippen LogP contribution in [0.3, 0.4) is 0 Å². The van der Waals surface area contributed by atoms with Crippen LogP contribution < -0.4 is 10.1 Å². The topological polar surface area (TPSA) is 64.6 Å². The number of aryl methyl sites for hydroxylation is 1. The minimum Gasteiger partial charge on any atom is -0.496 e. The molecular weight excluding hydrogens is 349 g/mol. The van der Waals surface area contributed by atoms with E-state index in [2.05, 4.69) is 5.32 Å². The molecule has 0 heterocycles. The van der Waals surface area contributed by atoms with Gasteiger partial charge in [-0.15, -0.1) is 0 Å². The van der Waals surface area contributed by atoms with Crippen molar-refractivity contribution in [3.05, 3.63) is 71.5 Å². The molecule has 0 saturated carbocycles. The Balaban J connectivity index is 1.71. The average molecular weight is 367 g/mol. The van der Waals surface area contributed by atoms with Gasteiger partial charge in [0.1, 0.15) is 17.1 Å². The molecule has 0 spiro atoms. The van der Waals surface area contributed by atoms with Crippen molar-refractivity contribution in [2.24, 2.45) is 0 Å². The highest BCUT2D eigenvalue weighted by molar-refractivity contribution is 6.00. The van der Waals surface area contributed by atoms with Gasteiger partial charge in [0.2, 0.25) is 0 Å². The first-order chi connectivity index (χ1) is 13.0. The number of hydrogen-bond acceptors (Lipinski definition) is 4. The molecule has 5 nitrogen and oxygen atoms in total. The first kappa shape index (κ1) is 18.4. The fraction of sp³-hybridized carbons (Fsp3) is 0.143. The molecule has 138 valence electrons. The van der Waals surface area contributed by atoms with Gasteiger partial charge in [-0.05, 0) is 47.5 Å². The van der Waals surface area contributed by atoms with E-state index in [0.29, 0.717) is 17.0 Å². The zero-order chi connectivity index (χ0) is 19.4. The Labute approximate surface area is 155 Å². The first-order valence-corrected chi connectivity index (χ1v) is 8.28. The quantitative estimate of drug-likeness (QED) is 0.690. The lowest BCUT2D eigenvalue weighted by molar-refractivity contribution is -0.119. The van der Waals surface area contributed by atoms with Crippen LogP contribution in [0.5, 0.6) is 5.75 Å². The van der Waals surface area contributed by atoms with Crippen LogP contribution in [0.4, 0.5) is 10.1 Å². The SMILES string of the molecule is COc1cc2ccccc2cc1C(=O)OCC(=O)Nc1cc(F)ccc1C. The van der Waals surface area contributed by atoms with Gasteiger partial charge in [-0.1, -0.05) is 30.3 Å². The van der Waals surface area contributed by atoms with Crippen LogP contribution in [0.2, 0.25) is 0 Å². The van der Waals surface area contributed by atoms with Crippen molar-refractivity contribution < 1.29 is 23.5 Å². The monoisotopic (exact) mass is 367 g/mol. The Kier molecular flexibility index (Phi) is 5.35. The van der Waals surface area contributed by atoms with Crippen molar-refractivity contribution in [3.8, 4) is 5.75 Å². The van der Waals surface area contributed by atoms with Crippen molar-refractivity contribution in [3.63, 3.8) is 0 Å². The maximum atomic E-state index is 13.3. The molecule has 3 aromatic carbocycles. The van der Waals surface area contributed by atoms with Gasteiger partial charge in [0, 0.05) is 5.69 Å². The molecule has 0 bridgehead atoms. The molecule has 0 aliphatic rings. The maximum absolute atomic E-state index is 13.3. The van der Waals surface area contributed by atoms with Crippen LogP contribution in [0.15, 0.2) is 54.6 Å². The number of esters is 1. The second-order valence-corrected chi connectivity index (χ2v) is 5.98. The summed E-state index contributed by atoms with van der Waals surface area (Å²) in [6, 6.07) is 15.0. The largest absolute Gasteiger partial charge is 0.496 e. The minimum absolute atomic E-state index is 0.228. The van der Waals surface area contributed by atoms with E-state index in [1.807, 2.05) is 24.3 Å². The highest BCUT2D eigenvalue weighted by atomic mass is 19.1. The molecular formula is C21H18FNO4. The Morgan fingerprint density at radius 3 is 2.44 bits per heavy atom. The number of rotatable bonds is 5. The number of hydrogen-bond donors (Lipinski definition) is 1. The van der Waals surface area contributed by atoms with Gasteiger partial charge in [0.25, 0.3) is 5.91 Å². The van der Waals surface area contributed by atoms with E-state index >= 15 is 0 Å². The summed E-state index contributed by atoms with van der Waals surface area (Å²) in [5.41, 5.74) is 1.26. The normalized spacial score (nSPS) is 10.5. The lowest BCUT2D eigenvalue weighted by atomic mass is 10.1. The third-order valence-corrected chi connectivity index (χ3v) is 4.10. The molecule has 0 atom stereocenters. The summed E-state index contributed by atoms with van der Waals surface area (Å²) < 4.78 is 23.7. The summed E-state index contributed by atoms with van der Waals surface area (Å²) in [4.78, 5) is 24.4. The van der Waals surface area contributed by atoms with E-state index < -0.39 is 24.3 Å². The molecule has 0 fully saturated rings. The number of halogens is 1. The van der Waals surface area contributed by atoms with Crippen LogP contribution in [-0.4, -0.2) is 25.6 Å². The average Bonchev–Trinajstić information content (AvgIpc) is 2.67. The number of ether oxygens (including phenoxy) is 2. The molecule has 0 aromatic heterocycles. The number of benzene rings is 3. The van der Waals surface area contributed by atoms with Gasteiger partial charge in [0.05, 0.1) is 7.11 Å².